The van der Waals surface area contributed by atoms with Crippen LogP contribution in [0.1, 0.15) is 31.2 Å². The summed E-state index contributed by atoms with van der Waals surface area (Å²) in [5.41, 5.74) is 6.94. The topological polar surface area (TPSA) is 43.1 Å². The first kappa shape index (κ1) is 11.6. The molecule has 1 fully saturated rings. The van der Waals surface area contributed by atoms with Crippen LogP contribution in [0.15, 0.2) is 18.2 Å². The zero-order valence-electron chi connectivity index (χ0n) is 9.12. The SMILES string of the molecule is Nc1ccc(F)cc1CS(=O)C1CCCC1. The van der Waals surface area contributed by atoms with E-state index >= 15 is 0 Å². The van der Waals surface area contributed by atoms with E-state index in [9.17, 15) is 8.60 Å². The van der Waals surface area contributed by atoms with Crippen LogP contribution in [-0.4, -0.2) is 9.46 Å². The van der Waals surface area contributed by atoms with Crippen LogP contribution in [0.25, 0.3) is 0 Å². The van der Waals surface area contributed by atoms with Gasteiger partial charge in [-0.25, -0.2) is 4.39 Å². The van der Waals surface area contributed by atoms with Crippen molar-refractivity contribution >= 4 is 16.5 Å². The first-order valence-electron chi connectivity index (χ1n) is 5.58. The molecule has 1 saturated carbocycles. The minimum Gasteiger partial charge on any atom is -0.398 e. The Kier molecular flexibility index (Phi) is 3.59. The van der Waals surface area contributed by atoms with Crippen LogP contribution in [0.2, 0.25) is 0 Å². The minimum absolute atomic E-state index is 0.280. The smallest absolute Gasteiger partial charge is 0.123 e. The maximum atomic E-state index is 13.0. The van der Waals surface area contributed by atoms with E-state index < -0.39 is 10.8 Å². The lowest BCUT2D eigenvalue weighted by Gasteiger charge is -2.10. The van der Waals surface area contributed by atoms with E-state index in [0.29, 0.717) is 17.0 Å². The molecule has 0 heterocycles. The second-order valence-electron chi connectivity index (χ2n) is 4.27. The van der Waals surface area contributed by atoms with Gasteiger partial charge in [0.05, 0.1) is 5.75 Å². The van der Waals surface area contributed by atoms with E-state index in [2.05, 4.69) is 0 Å². The fourth-order valence-corrected chi connectivity index (χ4v) is 3.77. The van der Waals surface area contributed by atoms with Crippen molar-refractivity contribution in [2.75, 3.05) is 5.73 Å². The van der Waals surface area contributed by atoms with Crippen LogP contribution in [0.3, 0.4) is 0 Å². The van der Waals surface area contributed by atoms with Crippen LogP contribution < -0.4 is 5.73 Å². The van der Waals surface area contributed by atoms with Gasteiger partial charge in [0.2, 0.25) is 0 Å². The number of hydrogen-bond acceptors (Lipinski definition) is 2. The van der Waals surface area contributed by atoms with E-state index in [4.69, 9.17) is 5.73 Å². The molecule has 1 unspecified atom stereocenters. The van der Waals surface area contributed by atoms with E-state index in [-0.39, 0.29) is 11.1 Å². The third-order valence-corrected chi connectivity index (χ3v) is 4.89. The Bertz CT molecular complexity index is 402. The Balaban J connectivity index is 2.07. The lowest BCUT2D eigenvalue weighted by molar-refractivity contribution is 0.626. The molecule has 0 saturated heterocycles. The van der Waals surface area contributed by atoms with Crippen LogP contribution in [-0.2, 0) is 16.6 Å². The molecule has 1 atom stereocenters. The lowest BCUT2D eigenvalue weighted by Crippen LogP contribution is -2.13. The zero-order chi connectivity index (χ0) is 11.5. The second kappa shape index (κ2) is 4.95. The summed E-state index contributed by atoms with van der Waals surface area (Å²) in [7, 11) is -0.912. The van der Waals surface area contributed by atoms with Gasteiger partial charge in [-0.15, -0.1) is 0 Å². The quantitative estimate of drug-likeness (QED) is 0.827. The molecule has 1 aromatic carbocycles. The third-order valence-electron chi connectivity index (χ3n) is 3.08. The number of halogens is 1. The Morgan fingerprint density at radius 2 is 2.06 bits per heavy atom. The number of benzene rings is 1. The van der Waals surface area contributed by atoms with Crippen LogP contribution in [0, 0.1) is 5.82 Å². The highest BCUT2D eigenvalue weighted by atomic mass is 32.2. The van der Waals surface area contributed by atoms with Gasteiger partial charge < -0.3 is 5.73 Å². The van der Waals surface area contributed by atoms with Crippen molar-refractivity contribution in [2.24, 2.45) is 0 Å². The van der Waals surface area contributed by atoms with Crippen molar-refractivity contribution in [1.82, 2.24) is 0 Å². The van der Waals surface area contributed by atoms with Gasteiger partial charge in [-0.1, -0.05) is 12.8 Å². The predicted octanol–water partition coefficient (Wildman–Crippen LogP) is 2.60. The van der Waals surface area contributed by atoms with Crippen LogP contribution in [0.5, 0.6) is 0 Å². The van der Waals surface area contributed by atoms with Crippen molar-refractivity contribution in [2.45, 2.75) is 36.7 Å². The molecule has 0 radical (unpaired) electrons. The van der Waals surface area contributed by atoms with E-state index in [1.54, 1.807) is 0 Å². The molecule has 0 aliphatic heterocycles. The average Bonchev–Trinajstić information content (AvgIpc) is 2.76. The third kappa shape index (κ3) is 2.61. The molecule has 1 aliphatic carbocycles. The molecule has 88 valence electrons. The first-order valence-corrected chi connectivity index (χ1v) is 6.96. The monoisotopic (exact) mass is 241 g/mol. The highest BCUT2D eigenvalue weighted by Gasteiger charge is 2.21. The summed E-state index contributed by atoms with van der Waals surface area (Å²) < 4.78 is 25.0. The molecule has 2 rings (SSSR count). The molecule has 0 bridgehead atoms. The summed E-state index contributed by atoms with van der Waals surface area (Å²) in [5.74, 6) is 0.0708. The summed E-state index contributed by atoms with van der Waals surface area (Å²) in [5, 5.41) is 0.280. The van der Waals surface area contributed by atoms with Crippen molar-refractivity contribution in [1.29, 1.82) is 0 Å². The largest absolute Gasteiger partial charge is 0.398 e. The van der Waals surface area contributed by atoms with Gasteiger partial charge in [0.15, 0.2) is 0 Å². The number of anilines is 1. The molecule has 2 nitrogen and oxygen atoms in total. The summed E-state index contributed by atoms with van der Waals surface area (Å²) in [4.78, 5) is 0. The highest BCUT2D eigenvalue weighted by molar-refractivity contribution is 7.84. The zero-order valence-corrected chi connectivity index (χ0v) is 9.93. The van der Waals surface area contributed by atoms with E-state index in [1.807, 2.05) is 0 Å². The summed E-state index contributed by atoms with van der Waals surface area (Å²) >= 11 is 0. The standard InChI is InChI=1S/C12H16FNOS/c13-10-5-6-12(14)9(7-10)8-16(15)11-3-1-2-4-11/h5-7,11H,1-4,8,14H2. The Morgan fingerprint density at radius 1 is 1.38 bits per heavy atom. The molecule has 1 aromatic rings. The van der Waals surface area contributed by atoms with Gasteiger partial charge in [-0.2, -0.15) is 0 Å². The van der Waals surface area contributed by atoms with Gasteiger partial charge >= 0.3 is 0 Å². The van der Waals surface area contributed by atoms with Crippen molar-refractivity contribution in [3.05, 3.63) is 29.6 Å². The maximum absolute atomic E-state index is 13.0. The first-order chi connectivity index (χ1) is 7.66. The Labute approximate surface area is 97.5 Å². The summed E-state index contributed by atoms with van der Waals surface area (Å²) in [6.07, 6.45) is 4.38. The maximum Gasteiger partial charge on any atom is 0.123 e. The summed E-state index contributed by atoms with van der Waals surface area (Å²) in [6.45, 7) is 0. The fraction of sp³-hybridized carbons (Fsp3) is 0.500. The normalized spacial score (nSPS) is 18.8. The number of nitrogen functional groups attached to an aromatic ring is 1. The number of nitrogens with two attached hydrogens (primary N) is 1. The molecule has 0 aromatic heterocycles. The van der Waals surface area contributed by atoms with Crippen molar-refractivity contribution < 1.29 is 8.60 Å². The van der Waals surface area contributed by atoms with Gasteiger partial charge in [0.25, 0.3) is 0 Å². The number of hydrogen-bond donors (Lipinski definition) is 1. The predicted molar refractivity (Wildman–Crippen MR) is 64.9 cm³/mol. The van der Waals surface area contributed by atoms with Crippen LogP contribution >= 0.6 is 0 Å². The second-order valence-corrected chi connectivity index (χ2v) is 5.99. The average molecular weight is 241 g/mol. The van der Waals surface area contributed by atoms with Crippen LogP contribution in [0.4, 0.5) is 10.1 Å². The van der Waals surface area contributed by atoms with E-state index in [0.717, 1.165) is 25.7 Å². The van der Waals surface area contributed by atoms with E-state index in [1.165, 1.54) is 18.2 Å². The molecule has 0 spiro atoms. The number of rotatable bonds is 3. The fourth-order valence-electron chi connectivity index (χ4n) is 2.12. The molecule has 2 N–H and O–H groups in total. The highest BCUT2D eigenvalue weighted by Crippen LogP contribution is 2.26. The Hall–Kier alpha value is -0.900. The van der Waals surface area contributed by atoms with Crippen molar-refractivity contribution in [3.8, 4) is 0 Å². The molecule has 4 heteroatoms. The van der Waals surface area contributed by atoms with Crippen molar-refractivity contribution in [3.63, 3.8) is 0 Å². The Morgan fingerprint density at radius 3 is 2.75 bits per heavy atom. The van der Waals surface area contributed by atoms with Gasteiger partial charge in [-0.05, 0) is 36.6 Å². The molecule has 1 aliphatic rings. The van der Waals surface area contributed by atoms with Gasteiger partial charge in [-0.3, -0.25) is 4.21 Å². The van der Waals surface area contributed by atoms with Gasteiger partial charge in [0, 0.05) is 21.7 Å². The minimum atomic E-state index is -0.912. The molecule has 16 heavy (non-hydrogen) atoms. The lowest BCUT2D eigenvalue weighted by atomic mass is 10.2. The molecular formula is C12H16FNOS. The molecule has 0 amide bonds. The molecular weight excluding hydrogens is 225 g/mol. The summed E-state index contributed by atoms with van der Waals surface area (Å²) in [6, 6.07) is 4.26. The van der Waals surface area contributed by atoms with Gasteiger partial charge in [0.1, 0.15) is 5.82 Å².